The van der Waals surface area contributed by atoms with Gasteiger partial charge in [-0.15, -0.1) is 12.4 Å². The minimum atomic E-state index is 0. The lowest BCUT2D eigenvalue weighted by Crippen LogP contribution is -1.99. The molecule has 1 aliphatic heterocycles. The number of nitrogens with zero attached hydrogens (tertiary/aromatic N) is 2. The fraction of sp³-hybridized carbons (Fsp3) is 0.400. The fourth-order valence-corrected chi connectivity index (χ4v) is 0.456. The van der Waals surface area contributed by atoms with Gasteiger partial charge >= 0.3 is 0 Å². The maximum atomic E-state index is 10.5. The van der Waals surface area contributed by atoms with Crippen LogP contribution in [0.2, 0.25) is 0 Å². The summed E-state index contributed by atoms with van der Waals surface area (Å²) in [5.41, 5.74) is 0. The van der Waals surface area contributed by atoms with Crippen LogP contribution in [0.4, 0.5) is 0 Å². The van der Waals surface area contributed by atoms with Crippen molar-refractivity contribution in [2.75, 3.05) is 6.54 Å². The molecule has 0 saturated carbocycles. The van der Waals surface area contributed by atoms with Crippen molar-refractivity contribution in [3.05, 3.63) is 0 Å². The molecule has 0 bridgehead atoms. The Morgan fingerprint density at radius 2 is 2.33 bits per heavy atom. The van der Waals surface area contributed by atoms with E-state index in [9.17, 15) is 4.79 Å². The SMILES string of the molecule is Cl.O=C1CC=NC=NC1. The Hall–Kier alpha value is -0.700. The molecule has 1 heterocycles. The second kappa shape index (κ2) is 4.21. The van der Waals surface area contributed by atoms with Crippen molar-refractivity contribution in [3.8, 4) is 0 Å². The normalized spacial score (nSPS) is 16.7. The molecule has 0 aromatic carbocycles. The number of ketones is 1. The number of carbonyl (C=O) groups is 1. The van der Waals surface area contributed by atoms with E-state index in [1.54, 1.807) is 6.21 Å². The molecule has 0 aromatic rings. The predicted octanol–water partition coefficient (Wildman–Crippen LogP) is 0.480. The zero-order chi connectivity index (χ0) is 5.82. The Labute approximate surface area is 59.3 Å². The van der Waals surface area contributed by atoms with Crippen LogP contribution in [0.5, 0.6) is 0 Å². The van der Waals surface area contributed by atoms with Crippen molar-refractivity contribution in [1.82, 2.24) is 0 Å². The molecule has 0 saturated heterocycles. The highest BCUT2D eigenvalue weighted by Crippen LogP contribution is 1.84. The second-order valence-electron chi connectivity index (χ2n) is 1.53. The van der Waals surface area contributed by atoms with Gasteiger partial charge in [-0.1, -0.05) is 0 Å². The maximum absolute atomic E-state index is 10.5. The van der Waals surface area contributed by atoms with Crippen molar-refractivity contribution in [3.63, 3.8) is 0 Å². The molecule has 1 rings (SSSR count). The highest BCUT2D eigenvalue weighted by molar-refractivity contribution is 5.96. The summed E-state index contributed by atoms with van der Waals surface area (Å²) >= 11 is 0. The van der Waals surface area contributed by atoms with Gasteiger partial charge in [0.2, 0.25) is 0 Å². The Kier molecular flexibility index (Phi) is 3.88. The van der Waals surface area contributed by atoms with Gasteiger partial charge in [-0.2, -0.15) is 0 Å². The summed E-state index contributed by atoms with van der Waals surface area (Å²) in [6.45, 7) is 0.292. The zero-order valence-electron chi connectivity index (χ0n) is 4.78. The Morgan fingerprint density at radius 1 is 1.56 bits per heavy atom. The molecule has 0 radical (unpaired) electrons. The van der Waals surface area contributed by atoms with Gasteiger partial charge in [0.25, 0.3) is 0 Å². The van der Waals surface area contributed by atoms with Crippen molar-refractivity contribution in [2.24, 2.45) is 9.98 Å². The number of halogens is 1. The zero-order valence-corrected chi connectivity index (χ0v) is 5.60. The van der Waals surface area contributed by atoms with Gasteiger partial charge in [0.1, 0.15) is 6.34 Å². The van der Waals surface area contributed by atoms with E-state index in [1.807, 2.05) is 0 Å². The van der Waals surface area contributed by atoms with Crippen LogP contribution >= 0.6 is 12.4 Å². The Bertz CT molecular complexity index is 137. The van der Waals surface area contributed by atoms with E-state index in [2.05, 4.69) is 9.98 Å². The van der Waals surface area contributed by atoms with E-state index < -0.39 is 0 Å². The van der Waals surface area contributed by atoms with Crippen LogP contribution in [0.3, 0.4) is 0 Å². The molecular weight excluding hydrogens is 140 g/mol. The van der Waals surface area contributed by atoms with Crippen LogP contribution in [-0.4, -0.2) is 24.9 Å². The number of aliphatic imine (C=N–C) groups is 2. The molecule has 0 atom stereocenters. The van der Waals surface area contributed by atoms with Gasteiger partial charge in [-0.05, 0) is 0 Å². The molecule has 1 aliphatic rings. The summed E-state index contributed by atoms with van der Waals surface area (Å²) in [5, 5.41) is 0. The third-order valence-corrected chi connectivity index (χ3v) is 0.840. The molecule has 50 valence electrons. The first-order valence-electron chi connectivity index (χ1n) is 2.41. The van der Waals surface area contributed by atoms with Gasteiger partial charge in [0, 0.05) is 12.6 Å². The van der Waals surface area contributed by atoms with E-state index in [4.69, 9.17) is 0 Å². The third-order valence-electron chi connectivity index (χ3n) is 0.840. The molecule has 0 aromatic heterocycles. The van der Waals surface area contributed by atoms with E-state index in [0.29, 0.717) is 13.0 Å². The molecule has 0 N–H and O–H groups in total. The average Bonchev–Trinajstić information content (AvgIpc) is 1.94. The summed E-state index contributed by atoms with van der Waals surface area (Å²) in [5.74, 6) is 0.127. The molecule has 4 heteroatoms. The summed E-state index contributed by atoms with van der Waals surface area (Å²) in [7, 11) is 0. The molecule has 9 heavy (non-hydrogen) atoms. The van der Waals surface area contributed by atoms with Crippen LogP contribution in [-0.2, 0) is 4.79 Å². The maximum Gasteiger partial charge on any atom is 0.159 e. The largest absolute Gasteiger partial charge is 0.297 e. The standard InChI is InChI=1S/C5H6N2O.ClH/c8-5-1-2-6-4-7-3-5;/h2,4H,1,3H2;1H. The fourth-order valence-electron chi connectivity index (χ4n) is 0.456. The van der Waals surface area contributed by atoms with Crippen molar-refractivity contribution < 1.29 is 4.79 Å². The quantitative estimate of drug-likeness (QED) is 0.490. The van der Waals surface area contributed by atoms with E-state index in [1.165, 1.54) is 6.34 Å². The Morgan fingerprint density at radius 3 is 3.11 bits per heavy atom. The predicted molar refractivity (Wildman–Crippen MR) is 38.7 cm³/mol. The summed E-state index contributed by atoms with van der Waals surface area (Å²) < 4.78 is 0. The van der Waals surface area contributed by atoms with Crippen LogP contribution in [0.1, 0.15) is 6.42 Å². The van der Waals surface area contributed by atoms with Gasteiger partial charge in [-0.25, -0.2) is 4.99 Å². The van der Waals surface area contributed by atoms with E-state index in [-0.39, 0.29) is 18.2 Å². The van der Waals surface area contributed by atoms with Gasteiger partial charge in [0.15, 0.2) is 5.78 Å². The number of hydrogen-bond donors (Lipinski definition) is 0. The number of hydrogen-bond acceptors (Lipinski definition) is 3. The van der Waals surface area contributed by atoms with Gasteiger partial charge in [0.05, 0.1) is 6.54 Å². The first-order chi connectivity index (χ1) is 3.89. The van der Waals surface area contributed by atoms with Crippen LogP contribution < -0.4 is 0 Å². The molecule has 0 spiro atoms. The van der Waals surface area contributed by atoms with Gasteiger partial charge in [-0.3, -0.25) is 9.79 Å². The van der Waals surface area contributed by atoms with E-state index in [0.717, 1.165) is 0 Å². The number of carbonyl (C=O) groups excluding carboxylic acids is 1. The highest BCUT2D eigenvalue weighted by Gasteiger charge is 1.97. The minimum Gasteiger partial charge on any atom is -0.297 e. The third kappa shape index (κ3) is 2.98. The van der Waals surface area contributed by atoms with Crippen molar-refractivity contribution in [2.45, 2.75) is 6.42 Å². The summed E-state index contributed by atoms with van der Waals surface area (Å²) in [6, 6.07) is 0. The Balaban J connectivity index is 0.000000640. The molecule has 0 fully saturated rings. The van der Waals surface area contributed by atoms with Crippen LogP contribution in [0.15, 0.2) is 9.98 Å². The van der Waals surface area contributed by atoms with Gasteiger partial charge < -0.3 is 0 Å². The van der Waals surface area contributed by atoms with Crippen molar-refractivity contribution >= 4 is 30.7 Å². The lowest BCUT2D eigenvalue weighted by atomic mass is 10.3. The first kappa shape index (κ1) is 8.30. The van der Waals surface area contributed by atoms with Crippen molar-refractivity contribution in [1.29, 1.82) is 0 Å². The summed E-state index contributed by atoms with van der Waals surface area (Å²) in [6.07, 6.45) is 3.41. The molecular formula is C5H7ClN2O. The first-order valence-corrected chi connectivity index (χ1v) is 2.41. The molecule has 0 amide bonds. The molecule has 0 unspecified atom stereocenters. The number of Topliss-reactive ketones (excluding diaryl/α,β-unsaturated/α-hetero) is 1. The second-order valence-corrected chi connectivity index (χ2v) is 1.53. The average molecular weight is 147 g/mol. The lowest BCUT2D eigenvalue weighted by Gasteiger charge is -1.81. The summed E-state index contributed by atoms with van der Waals surface area (Å²) in [4.78, 5) is 17.8. The highest BCUT2D eigenvalue weighted by atomic mass is 35.5. The number of rotatable bonds is 0. The lowest BCUT2D eigenvalue weighted by molar-refractivity contribution is -0.116. The minimum absolute atomic E-state index is 0. The van der Waals surface area contributed by atoms with E-state index >= 15 is 0 Å². The molecule has 3 nitrogen and oxygen atoms in total. The molecule has 0 aliphatic carbocycles. The van der Waals surface area contributed by atoms with Crippen LogP contribution in [0, 0.1) is 0 Å². The monoisotopic (exact) mass is 146 g/mol. The smallest absolute Gasteiger partial charge is 0.159 e. The topological polar surface area (TPSA) is 41.8 Å². The van der Waals surface area contributed by atoms with Crippen LogP contribution in [0.25, 0.3) is 0 Å².